The van der Waals surface area contributed by atoms with Crippen molar-refractivity contribution in [2.75, 3.05) is 30.0 Å². The quantitative estimate of drug-likeness (QED) is 0.780. The second kappa shape index (κ2) is 5.78. The van der Waals surface area contributed by atoms with Crippen LogP contribution in [0.1, 0.15) is 23.1 Å². The zero-order chi connectivity index (χ0) is 15.6. The minimum atomic E-state index is -0.0864. The molecule has 3 N–H and O–H groups in total. The van der Waals surface area contributed by atoms with Gasteiger partial charge in [-0.25, -0.2) is 4.98 Å². The molecule has 8 nitrogen and oxygen atoms in total. The lowest BCUT2D eigenvalue weighted by atomic mass is 10.1. The van der Waals surface area contributed by atoms with Crippen LogP contribution in [0.15, 0.2) is 12.4 Å². The first-order valence-corrected chi connectivity index (χ1v) is 6.47. The van der Waals surface area contributed by atoms with Crippen LogP contribution in [-0.4, -0.2) is 39.6 Å². The topological polar surface area (TPSA) is 102 Å². The maximum Gasteiger partial charge on any atom is 0.163 e. The van der Waals surface area contributed by atoms with Gasteiger partial charge in [-0.1, -0.05) is 0 Å². The number of hydrogen-bond donors (Lipinski definition) is 2. The van der Waals surface area contributed by atoms with Gasteiger partial charge in [0.25, 0.3) is 0 Å². The Morgan fingerprint density at radius 2 is 2.24 bits per heavy atom. The van der Waals surface area contributed by atoms with E-state index in [1.54, 1.807) is 19.4 Å². The molecule has 0 aliphatic heterocycles. The highest BCUT2D eigenvalue weighted by molar-refractivity contribution is 6.00. The number of pyridine rings is 1. The van der Waals surface area contributed by atoms with Gasteiger partial charge in [0.2, 0.25) is 0 Å². The van der Waals surface area contributed by atoms with E-state index >= 15 is 0 Å². The monoisotopic (exact) mass is 289 g/mol. The Bertz CT molecular complexity index is 665. The zero-order valence-corrected chi connectivity index (χ0v) is 12.6. The van der Waals surface area contributed by atoms with Crippen molar-refractivity contribution in [1.82, 2.24) is 19.7 Å². The Balaban J connectivity index is 2.41. The maximum absolute atomic E-state index is 11.8. The van der Waals surface area contributed by atoms with Crippen molar-refractivity contribution >= 4 is 23.1 Å². The third kappa shape index (κ3) is 2.93. The Morgan fingerprint density at radius 1 is 1.52 bits per heavy atom. The molecule has 0 spiro atoms. The van der Waals surface area contributed by atoms with Crippen LogP contribution in [0.2, 0.25) is 0 Å². The molecule has 0 amide bonds. The molecule has 2 heterocycles. The molecule has 0 aliphatic carbocycles. The van der Waals surface area contributed by atoms with E-state index in [0.717, 1.165) is 5.82 Å². The van der Waals surface area contributed by atoms with E-state index < -0.39 is 0 Å². The summed E-state index contributed by atoms with van der Waals surface area (Å²) in [5.74, 6) is 1.79. The fourth-order valence-corrected chi connectivity index (χ4v) is 2.01. The molecule has 21 heavy (non-hydrogen) atoms. The summed E-state index contributed by atoms with van der Waals surface area (Å²) >= 11 is 0. The molecule has 0 bridgehead atoms. The van der Waals surface area contributed by atoms with Crippen molar-refractivity contribution in [3.05, 3.63) is 23.8 Å². The summed E-state index contributed by atoms with van der Waals surface area (Å²) in [6, 6.07) is 1.64. The average molecular weight is 289 g/mol. The van der Waals surface area contributed by atoms with Gasteiger partial charge in [-0.15, -0.1) is 10.2 Å². The predicted molar refractivity (Wildman–Crippen MR) is 81.3 cm³/mol. The third-order valence-corrected chi connectivity index (χ3v) is 3.19. The molecule has 0 radical (unpaired) electrons. The first-order chi connectivity index (χ1) is 9.93. The van der Waals surface area contributed by atoms with Crippen molar-refractivity contribution in [2.45, 2.75) is 13.5 Å². The summed E-state index contributed by atoms with van der Waals surface area (Å²) in [6.07, 6.45) is 1.63. The van der Waals surface area contributed by atoms with E-state index in [-0.39, 0.29) is 5.78 Å². The van der Waals surface area contributed by atoms with Crippen LogP contribution in [0.3, 0.4) is 0 Å². The largest absolute Gasteiger partial charge is 0.396 e. The summed E-state index contributed by atoms with van der Waals surface area (Å²) in [5, 5.41) is 10.8. The molecule has 0 saturated heterocycles. The summed E-state index contributed by atoms with van der Waals surface area (Å²) < 4.78 is 1.82. The van der Waals surface area contributed by atoms with E-state index in [4.69, 9.17) is 5.73 Å². The minimum Gasteiger partial charge on any atom is -0.396 e. The third-order valence-electron chi connectivity index (χ3n) is 3.19. The molecular weight excluding hydrogens is 270 g/mol. The predicted octanol–water partition coefficient (Wildman–Crippen LogP) is 0.673. The smallest absolute Gasteiger partial charge is 0.163 e. The summed E-state index contributed by atoms with van der Waals surface area (Å²) in [4.78, 5) is 18.1. The normalized spacial score (nSPS) is 10.5. The Morgan fingerprint density at radius 3 is 2.76 bits per heavy atom. The summed E-state index contributed by atoms with van der Waals surface area (Å²) in [5.41, 5.74) is 6.80. The van der Waals surface area contributed by atoms with Crippen LogP contribution in [-0.2, 0) is 13.6 Å². The number of anilines is 3. The van der Waals surface area contributed by atoms with Crippen molar-refractivity contribution in [3.8, 4) is 0 Å². The molecule has 112 valence electrons. The minimum absolute atomic E-state index is 0.0864. The number of hydrogen-bond acceptors (Lipinski definition) is 7. The molecular formula is C13H19N7O. The van der Waals surface area contributed by atoms with Crippen LogP contribution in [0.5, 0.6) is 0 Å². The number of carbonyl (C=O) groups excluding carboxylic acids is 1. The Kier molecular flexibility index (Phi) is 4.06. The van der Waals surface area contributed by atoms with E-state index in [1.165, 1.54) is 6.92 Å². The molecule has 8 heteroatoms. The SMILES string of the molecule is CNc1nc(N(C)Cc2nncn2C)c(C(C)=O)cc1N. The van der Waals surface area contributed by atoms with E-state index in [0.29, 0.717) is 29.4 Å². The molecule has 0 aliphatic rings. The highest BCUT2D eigenvalue weighted by Gasteiger charge is 2.17. The molecule has 0 unspecified atom stereocenters. The molecule has 2 aromatic heterocycles. The lowest BCUT2D eigenvalue weighted by molar-refractivity contribution is 0.101. The van der Waals surface area contributed by atoms with Crippen LogP contribution in [0.4, 0.5) is 17.3 Å². The number of Topliss-reactive ketones (excluding diaryl/α,β-unsaturated/α-hetero) is 1. The fraction of sp³-hybridized carbons (Fsp3) is 0.385. The van der Waals surface area contributed by atoms with Gasteiger partial charge in [0.05, 0.1) is 17.8 Å². The van der Waals surface area contributed by atoms with Gasteiger partial charge in [0.15, 0.2) is 17.4 Å². The van der Waals surface area contributed by atoms with Crippen molar-refractivity contribution < 1.29 is 4.79 Å². The van der Waals surface area contributed by atoms with Crippen molar-refractivity contribution in [1.29, 1.82) is 0 Å². The number of aromatic nitrogens is 4. The second-order valence-corrected chi connectivity index (χ2v) is 4.82. The number of nitrogens with two attached hydrogens (primary N) is 1. The summed E-state index contributed by atoms with van der Waals surface area (Å²) in [6.45, 7) is 1.98. The first kappa shape index (κ1) is 14.8. The van der Waals surface area contributed by atoms with Gasteiger partial charge in [-0.3, -0.25) is 4.79 Å². The molecule has 0 saturated carbocycles. The number of nitrogens with zero attached hydrogens (tertiary/aromatic N) is 5. The lowest BCUT2D eigenvalue weighted by Gasteiger charge is -2.21. The average Bonchev–Trinajstić information content (AvgIpc) is 2.83. The van der Waals surface area contributed by atoms with Crippen LogP contribution in [0, 0.1) is 0 Å². The van der Waals surface area contributed by atoms with Crippen LogP contribution < -0.4 is 16.0 Å². The second-order valence-electron chi connectivity index (χ2n) is 4.82. The maximum atomic E-state index is 11.8. The number of nitrogens with one attached hydrogen (secondary N) is 1. The van der Waals surface area contributed by atoms with Gasteiger partial charge in [0.1, 0.15) is 12.1 Å². The van der Waals surface area contributed by atoms with E-state index in [9.17, 15) is 4.79 Å². The standard InChI is InChI=1S/C13H19N7O/c1-8(21)9-5-10(14)12(15-2)17-13(9)19(3)6-11-18-16-7-20(11)4/h5,7H,6,14H2,1-4H3,(H,15,17). The van der Waals surface area contributed by atoms with Crippen LogP contribution in [0.25, 0.3) is 0 Å². The van der Waals surface area contributed by atoms with Gasteiger partial charge in [-0.05, 0) is 13.0 Å². The first-order valence-electron chi connectivity index (χ1n) is 6.47. The number of aryl methyl sites for hydroxylation is 1. The molecule has 2 aromatic rings. The van der Waals surface area contributed by atoms with Gasteiger partial charge in [-0.2, -0.15) is 0 Å². The lowest BCUT2D eigenvalue weighted by Crippen LogP contribution is -2.23. The highest BCUT2D eigenvalue weighted by atomic mass is 16.1. The van der Waals surface area contributed by atoms with E-state index in [1.807, 2.05) is 23.6 Å². The number of carbonyl (C=O) groups is 1. The Labute approximate surface area is 123 Å². The van der Waals surface area contributed by atoms with E-state index in [2.05, 4.69) is 20.5 Å². The molecule has 0 atom stereocenters. The van der Waals surface area contributed by atoms with Crippen molar-refractivity contribution in [3.63, 3.8) is 0 Å². The summed E-state index contributed by atoms with van der Waals surface area (Å²) in [7, 11) is 5.45. The molecule has 0 fully saturated rings. The Hall–Kier alpha value is -2.64. The fourth-order valence-electron chi connectivity index (χ4n) is 2.01. The van der Waals surface area contributed by atoms with Crippen LogP contribution >= 0.6 is 0 Å². The molecule has 0 aromatic carbocycles. The van der Waals surface area contributed by atoms with Crippen molar-refractivity contribution in [2.24, 2.45) is 7.05 Å². The number of rotatable bonds is 5. The number of ketones is 1. The van der Waals surface area contributed by atoms with Gasteiger partial charge < -0.3 is 20.5 Å². The highest BCUT2D eigenvalue weighted by Crippen LogP contribution is 2.26. The number of nitrogen functional groups attached to an aromatic ring is 1. The zero-order valence-electron chi connectivity index (χ0n) is 12.6. The van der Waals surface area contributed by atoms with Gasteiger partial charge >= 0.3 is 0 Å². The van der Waals surface area contributed by atoms with Gasteiger partial charge in [0, 0.05) is 21.1 Å². The molecule has 2 rings (SSSR count).